The SMILES string of the molecule is O=C(c1ccco1)N(CCN1CCOCC1)Cc1cnc(S(=O)(=O)Cc2ccccc2)n1C[C@H]1CCCO1. The van der Waals surface area contributed by atoms with E-state index in [0.29, 0.717) is 50.7 Å². The zero-order valence-electron chi connectivity index (χ0n) is 21.4. The minimum Gasteiger partial charge on any atom is -0.459 e. The Hall–Kier alpha value is -2.99. The number of nitrogens with zero attached hydrogens (tertiary/aromatic N) is 4. The van der Waals surface area contributed by atoms with Crippen LogP contribution in [0.25, 0.3) is 0 Å². The minimum absolute atomic E-state index is 0.00503. The maximum atomic E-state index is 13.5. The van der Waals surface area contributed by atoms with E-state index >= 15 is 0 Å². The van der Waals surface area contributed by atoms with Crippen LogP contribution in [0.5, 0.6) is 0 Å². The number of carbonyl (C=O) groups is 1. The molecule has 3 aromatic rings. The van der Waals surface area contributed by atoms with Crippen LogP contribution in [0, 0.1) is 0 Å². The summed E-state index contributed by atoms with van der Waals surface area (Å²) in [6, 6.07) is 12.4. The topological polar surface area (TPSA) is 107 Å². The molecule has 2 saturated heterocycles. The van der Waals surface area contributed by atoms with Gasteiger partial charge in [-0.1, -0.05) is 30.3 Å². The van der Waals surface area contributed by atoms with Gasteiger partial charge in [-0.2, -0.15) is 0 Å². The van der Waals surface area contributed by atoms with E-state index in [2.05, 4.69) is 9.88 Å². The summed E-state index contributed by atoms with van der Waals surface area (Å²) < 4.78 is 45.4. The van der Waals surface area contributed by atoms with Crippen molar-refractivity contribution in [2.75, 3.05) is 46.0 Å². The average Bonchev–Trinajstić information content (AvgIpc) is 3.71. The quantitative estimate of drug-likeness (QED) is 0.364. The van der Waals surface area contributed by atoms with Crippen molar-refractivity contribution in [2.45, 2.75) is 42.9 Å². The summed E-state index contributed by atoms with van der Waals surface area (Å²) in [6.07, 6.45) is 4.73. The molecule has 0 aliphatic carbocycles. The Balaban J connectivity index is 1.42. The first-order valence-electron chi connectivity index (χ1n) is 13.1. The molecule has 0 spiro atoms. The number of morpholine rings is 1. The third kappa shape index (κ3) is 6.52. The zero-order chi connectivity index (χ0) is 26.4. The smallest absolute Gasteiger partial charge is 0.289 e. The number of hydrogen-bond acceptors (Lipinski definition) is 8. The van der Waals surface area contributed by atoms with Crippen molar-refractivity contribution in [1.82, 2.24) is 19.4 Å². The number of sulfone groups is 1. The fraction of sp³-hybridized carbons (Fsp3) is 0.481. The highest BCUT2D eigenvalue weighted by molar-refractivity contribution is 7.90. The molecule has 1 aromatic carbocycles. The molecule has 1 atom stereocenters. The third-order valence-electron chi connectivity index (χ3n) is 6.95. The second kappa shape index (κ2) is 12.2. The maximum absolute atomic E-state index is 13.5. The second-order valence-electron chi connectivity index (χ2n) is 9.68. The first kappa shape index (κ1) is 26.6. The van der Waals surface area contributed by atoms with Crippen LogP contribution < -0.4 is 0 Å². The zero-order valence-corrected chi connectivity index (χ0v) is 22.2. The Kier molecular flexibility index (Phi) is 8.58. The van der Waals surface area contributed by atoms with Gasteiger partial charge in [-0.3, -0.25) is 9.69 Å². The Morgan fingerprint density at radius 3 is 2.61 bits per heavy atom. The van der Waals surface area contributed by atoms with Crippen LogP contribution >= 0.6 is 0 Å². The van der Waals surface area contributed by atoms with Crippen molar-refractivity contribution < 1.29 is 27.1 Å². The summed E-state index contributed by atoms with van der Waals surface area (Å²) in [6.45, 7) is 5.31. The van der Waals surface area contributed by atoms with E-state index < -0.39 is 9.84 Å². The number of imidazole rings is 1. The molecule has 10 nitrogen and oxygen atoms in total. The lowest BCUT2D eigenvalue weighted by Crippen LogP contribution is -2.43. The van der Waals surface area contributed by atoms with Crippen molar-refractivity contribution in [3.05, 3.63) is 71.9 Å². The number of amides is 1. The van der Waals surface area contributed by atoms with E-state index in [1.807, 2.05) is 18.2 Å². The van der Waals surface area contributed by atoms with Crippen LogP contribution in [0.3, 0.4) is 0 Å². The summed E-state index contributed by atoms with van der Waals surface area (Å²) in [7, 11) is -3.74. The highest BCUT2D eigenvalue weighted by Crippen LogP contribution is 2.23. The number of aromatic nitrogens is 2. The maximum Gasteiger partial charge on any atom is 0.289 e. The molecule has 11 heteroatoms. The molecular weight excluding hydrogens is 508 g/mol. The molecule has 1 amide bonds. The lowest BCUT2D eigenvalue weighted by Gasteiger charge is -2.30. The summed E-state index contributed by atoms with van der Waals surface area (Å²) in [5.74, 6) is -0.155. The molecule has 0 unspecified atom stereocenters. The third-order valence-corrected chi connectivity index (χ3v) is 8.55. The van der Waals surface area contributed by atoms with E-state index in [4.69, 9.17) is 13.9 Å². The summed E-state index contributed by atoms with van der Waals surface area (Å²) in [5.41, 5.74) is 1.34. The Bertz CT molecular complexity index is 1280. The van der Waals surface area contributed by atoms with Gasteiger partial charge in [-0.25, -0.2) is 13.4 Å². The van der Waals surface area contributed by atoms with Gasteiger partial charge >= 0.3 is 0 Å². The molecule has 0 N–H and O–H groups in total. The van der Waals surface area contributed by atoms with Crippen LogP contribution in [0.4, 0.5) is 0 Å². The molecule has 204 valence electrons. The summed E-state index contributed by atoms with van der Waals surface area (Å²) >= 11 is 0. The van der Waals surface area contributed by atoms with Gasteiger partial charge in [-0.15, -0.1) is 0 Å². The monoisotopic (exact) mass is 542 g/mol. The molecular formula is C27H34N4O6S. The van der Waals surface area contributed by atoms with Crippen LogP contribution in [0.1, 0.15) is 34.7 Å². The molecule has 2 aliphatic rings. The van der Waals surface area contributed by atoms with Gasteiger partial charge in [0.15, 0.2) is 5.76 Å². The number of ether oxygens (including phenoxy) is 2. The van der Waals surface area contributed by atoms with Gasteiger partial charge in [0.1, 0.15) is 0 Å². The predicted octanol–water partition coefficient (Wildman–Crippen LogP) is 2.60. The minimum atomic E-state index is -3.74. The molecule has 38 heavy (non-hydrogen) atoms. The highest BCUT2D eigenvalue weighted by Gasteiger charge is 2.29. The van der Waals surface area contributed by atoms with Crippen LogP contribution in [-0.2, 0) is 38.2 Å². The summed E-state index contributed by atoms with van der Waals surface area (Å²) in [5, 5.41) is 0.00503. The van der Waals surface area contributed by atoms with E-state index in [-0.39, 0.29) is 35.2 Å². The van der Waals surface area contributed by atoms with Gasteiger partial charge in [-0.05, 0) is 30.5 Å². The van der Waals surface area contributed by atoms with Crippen LogP contribution in [0.15, 0.2) is 64.5 Å². The lowest BCUT2D eigenvalue weighted by molar-refractivity contribution is 0.0314. The van der Waals surface area contributed by atoms with Gasteiger partial charge in [0.2, 0.25) is 15.0 Å². The Labute approximate surface area is 223 Å². The number of hydrogen-bond donors (Lipinski definition) is 0. The second-order valence-corrected chi connectivity index (χ2v) is 11.6. The van der Waals surface area contributed by atoms with Crippen molar-refractivity contribution >= 4 is 15.7 Å². The molecule has 4 heterocycles. The van der Waals surface area contributed by atoms with Crippen LogP contribution in [0.2, 0.25) is 0 Å². The van der Waals surface area contributed by atoms with Gasteiger partial charge in [0, 0.05) is 32.8 Å². The van der Waals surface area contributed by atoms with E-state index in [1.165, 1.54) is 6.26 Å². The standard InChI is InChI=1S/C27H34N4O6S/c32-26(25-9-5-15-37-25)30(11-10-29-12-16-35-17-13-29)19-23-18-28-27(31(23)20-24-8-4-14-36-24)38(33,34)21-22-6-2-1-3-7-22/h1-3,5-7,9,15,18,24H,4,8,10-14,16-17,19-21H2/t24-/m1/s1. The van der Waals surface area contributed by atoms with Crippen molar-refractivity contribution in [3.63, 3.8) is 0 Å². The van der Waals surface area contributed by atoms with Crippen molar-refractivity contribution in [2.24, 2.45) is 0 Å². The molecule has 2 aromatic heterocycles. The molecule has 0 radical (unpaired) electrons. The first-order chi connectivity index (χ1) is 18.5. The number of rotatable bonds is 11. The highest BCUT2D eigenvalue weighted by atomic mass is 32.2. The first-order valence-corrected chi connectivity index (χ1v) is 14.7. The van der Waals surface area contributed by atoms with E-state index in [0.717, 1.165) is 25.9 Å². The number of benzene rings is 1. The molecule has 5 rings (SSSR count). The van der Waals surface area contributed by atoms with Crippen molar-refractivity contribution in [3.8, 4) is 0 Å². The lowest BCUT2D eigenvalue weighted by atomic mass is 10.2. The molecule has 0 saturated carbocycles. The fourth-order valence-corrected chi connectivity index (χ4v) is 6.40. The number of furan rings is 1. The molecule has 0 bridgehead atoms. The van der Waals surface area contributed by atoms with Gasteiger partial charge in [0.25, 0.3) is 5.91 Å². The van der Waals surface area contributed by atoms with E-state index in [1.54, 1.807) is 39.9 Å². The molecule has 2 fully saturated rings. The predicted molar refractivity (Wildman–Crippen MR) is 139 cm³/mol. The van der Waals surface area contributed by atoms with Crippen LogP contribution in [-0.4, -0.2) is 85.8 Å². The van der Waals surface area contributed by atoms with Gasteiger partial charge < -0.3 is 23.4 Å². The van der Waals surface area contributed by atoms with Gasteiger partial charge in [0.05, 0.1) is 56.3 Å². The largest absolute Gasteiger partial charge is 0.459 e. The fourth-order valence-electron chi connectivity index (χ4n) is 4.90. The molecule has 2 aliphatic heterocycles. The Morgan fingerprint density at radius 2 is 1.89 bits per heavy atom. The normalized spacial score (nSPS) is 18.6. The number of carbonyl (C=O) groups excluding carboxylic acids is 1. The summed E-state index contributed by atoms with van der Waals surface area (Å²) in [4.78, 5) is 21.7. The van der Waals surface area contributed by atoms with E-state index in [9.17, 15) is 13.2 Å². The van der Waals surface area contributed by atoms with Crippen molar-refractivity contribution in [1.29, 1.82) is 0 Å². The average molecular weight is 543 g/mol. The Morgan fingerprint density at radius 1 is 1.08 bits per heavy atom.